The van der Waals surface area contributed by atoms with E-state index >= 15 is 0 Å². The summed E-state index contributed by atoms with van der Waals surface area (Å²) in [6, 6.07) is 7.08. The summed E-state index contributed by atoms with van der Waals surface area (Å²) in [5, 5.41) is 9.04. The van der Waals surface area contributed by atoms with Crippen molar-refractivity contribution in [3.8, 4) is 5.75 Å². The van der Waals surface area contributed by atoms with Crippen LogP contribution in [0.25, 0.3) is 6.08 Å². The second-order valence-corrected chi connectivity index (χ2v) is 1.76. The van der Waals surface area contributed by atoms with E-state index in [1.807, 2.05) is 26.0 Å². The summed E-state index contributed by atoms with van der Waals surface area (Å²) in [6.45, 7) is 7.53. The Bertz CT molecular complexity index is 216. The van der Waals surface area contributed by atoms with Crippen LogP contribution in [0.4, 0.5) is 0 Å². The molecule has 1 aromatic rings. The first kappa shape index (κ1) is 9.76. The molecule has 11 heavy (non-hydrogen) atoms. The molecule has 0 unspecified atom stereocenters. The Labute approximate surface area is 68.0 Å². The Morgan fingerprint density at radius 3 is 2.18 bits per heavy atom. The third-order valence-corrected chi connectivity index (χ3v) is 1.16. The van der Waals surface area contributed by atoms with Gasteiger partial charge >= 0.3 is 0 Å². The Kier molecular flexibility index (Phi) is 4.91. The summed E-state index contributed by atoms with van der Waals surface area (Å²) in [5.74, 6) is 0.285. The maximum absolute atomic E-state index is 9.04. The molecular formula is C10H14O. The maximum atomic E-state index is 9.04. The molecule has 0 aliphatic rings. The first-order chi connectivity index (χ1) is 5.34. The second-order valence-electron chi connectivity index (χ2n) is 1.76. The number of hydrogen-bond donors (Lipinski definition) is 1. The number of benzene rings is 1. The number of phenolic OH excluding ortho intramolecular Hbond substituents is 1. The lowest BCUT2D eigenvalue weighted by Crippen LogP contribution is -1.69. The average Bonchev–Trinajstić information content (AvgIpc) is 2.09. The summed E-state index contributed by atoms with van der Waals surface area (Å²) in [7, 11) is 0. The normalized spacial score (nSPS) is 7.82. The van der Waals surface area contributed by atoms with Gasteiger partial charge in [-0.2, -0.15) is 0 Å². The first-order valence-electron chi connectivity index (χ1n) is 3.75. The van der Waals surface area contributed by atoms with Gasteiger partial charge < -0.3 is 5.11 Å². The van der Waals surface area contributed by atoms with Gasteiger partial charge in [0.15, 0.2) is 0 Å². The van der Waals surface area contributed by atoms with Crippen molar-refractivity contribution < 1.29 is 5.11 Å². The first-order valence-corrected chi connectivity index (χ1v) is 3.75. The number of aromatic hydroxyl groups is 1. The van der Waals surface area contributed by atoms with Crippen LogP contribution in [0.15, 0.2) is 30.8 Å². The third kappa shape index (κ3) is 2.89. The lowest BCUT2D eigenvalue weighted by Gasteiger charge is -1.93. The van der Waals surface area contributed by atoms with Crippen molar-refractivity contribution >= 4 is 6.08 Å². The topological polar surface area (TPSA) is 20.2 Å². The third-order valence-electron chi connectivity index (χ3n) is 1.16. The zero-order chi connectivity index (χ0) is 8.69. The van der Waals surface area contributed by atoms with Crippen LogP contribution in [-0.2, 0) is 0 Å². The van der Waals surface area contributed by atoms with E-state index in [4.69, 9.17) is 5.11 Å². The van der Waals surface area contributed by atoms with E-state index < -0.39 is 0 Å². The van der Waals surface area contributed by atoms with Gasteiger partial charge in [0.05, 0.1) is 0 Å². The molecule has 0 bridgehead atoms. The van der Waals surface area contributed by atoms with Crippen molar-refractivity contribution in [1.29, 1.82) is 0 Å². The minimum Gasteiger partial charge on any atom is -0.507 e. The highest BCUT2D eigenvalue weighted by molar-refractivity contribution is 5.54. The van der Waals surface area contributed by atoms with Crippen LogP contribution in [0.2, 0.25) is 0 Å². The molecule has 0 fully saturated rings. The summed E-state index contributed by atoms with van der Waals surface area (Å²) in [6.07, 6.45) is 1.62. The molecule has 0 saturated carbocycles. The standard InChI is InChI=1S/C8H8O.C2H6/c1-2-7-5-3-4-6-8(7)9;1-2/h2-6,9H,1H2;1-2H3. The lowest BCUT2D eigenvalue weighted by atomic mass is 10.2. The van der Waals surface area contributed by atoms with Gasteiger partial charge in [0.2, 0.25) is 0 Å². The van der Waals surface area contributed by atoms with Gasteiger partial charge in [-0.3, -0.25) is 0 Å². The molecule has 0 aliphatic carbocycles. The minimum atomic E-state index is 0.285. The Hall–Kier alpha value is -1.24. The summed E-state index contributed by atoms with van der Waals surface area (Å²) >= 11 is 0. The molecule has 0 heterocycles. The maximum Gasteiger partial charge on any atom is 0.122 e. The zero-order valence-corrected chi connectivity index (χ0v) is 7.04. The zero-order valence-electron chi connectivity index (χ0n) is 7.04. The molecule has 1 N–H and O–H groups in total. The van der Waals surface area contributed by atoms with Crippen LogP contribution >= 0.6 is 0 Å². The van der Waals surface area contributed by atoms with E-state index in [0.29, 0.717) is 0 Å². The molecule has 0 spiro atoms. The van der Waals surface area contributed by atoms with Crippen LogP contribution in [0.1, 0.15) is 19.4 Å². The molecule has 0 aromatic heterocycles. The number of para-hydroxylation sites is 1. The summed E-state index contributed by atoms with van der Waals surface area (Å²) in [4.78, 5) is 0. The van der Waals surface area contributed by atoms with Gasteiger partial charge in [0, 0.05) is 5.56 Å². The van der Waals surface area contributed by atoms with E-state index in [0.717, 1.165) is 5.56 Å². The lowest BCUT2D eigenvalue weighted by molar-refractivity contribution is 0.474. The summed E-state index contributed by atoms with van der Waals surface area (Å²) in [5.41, 5.74) is 0.775. The average molecular weight is 150 g/mol. The largest absolute Gasteiger partial charge is 0.507 e. The molecule has 0 amide bonds. The molecule has 0 aliphatic heterocycles. The minimum absolute atomic E-state index is 0.285. The van der Waals surface area contributed by atoms with Crippen molar-refractivity contribution in [3.63, 3.8) is 0 Å². The Morgan fingerprint density at radius 2 is 1.82 bits per heavy atom. The van der Waals surface area contributed by atoms with Crippen molar-refractivity contribution in [3.05, 3.63) is 36.4 Å². The molecule has 0 atom stereocenters. The van der Waals surface area contributed by atoms with Gasteiger partial charge in [-0.25, -0.2) is 0 Å². The van der Waals surface area contributed by atoms with Crippen LogP contribution in [-0.4, -0.2) is 5.11 Å². The van der Waals surface area contributed by atoms with Crippen molar-refractivity contribution in [1.82, 2.24) is 0 Å². The van der Waals surface area contributed by atoms with E-state index in [9.17, 15) is 0 Å². The number of rotatable bonds is 1. The SMILES string of the molecule is C=Cc1ccccc1O.CC. The van der Waals surface area contributed by atoms with E-state index in [1.165, 1.54) is 0 Å². The Balaban J connectivity index is 0.000000461. The van der Waals surface area contributed by atoms with E-state index in [2.05, 4.69) is 6.58 Å². The van der Waals surface area contributed by atoms with Crippen LogP contribution in [0.3, 0.4) is 0 Å². The highest BCUT2D eigenvalue weighted by Gasteiger charge is 1.89. The van der Waals surface area contributed by atoms with Crippen molar-refractivity contribution in [2.24, 2.45) is 0 Å². The van der Waals surface area contributed by atoms with Crippen LogP contribution < -0.4 is 0 Å². The Morgan fingerprint density at radius 1 is 1.27 bits per heavy atom. The summed E-state index contributed by atoms with van der Waals surface area (Å²) < 4.78 is 0. The van der Waals surface area contributed by atoms with Gasteiger partial charge in [0.1, 0.15) is 5.75 Å². The van der Waals surface area contributed by atoms with Gasteiger partial charge in [-0.15, -0.1) is 0 Å². The molecule has 1 aromatic carbocycles. The molecule has 0 radical (unpaired) electrons. The molecule has 1 rings (SSSR count). The fourth-order valence-electron chi connectivity index (χ4n) is 0.660. The predicted molar refractivity (Wildman–Crippen MR) is 49.5 cm³/mol. The van der Waals surface area contributed by atoms with Crippen LogP contribution in [0, 0.1) is 0 Å². The van der Waals surface area contributed by atoms with Gasteiger partial charge in [-0.05, 0) is 6.07 Å². The monoisotopic (exact) mass is 150 g/mol. The smallest absolute Gasteiger partial charge is 0.122 e. The van der Waals surface area contributed by atoms with E-state index in [-0.39, 0.29) is 5.75 Å². The quantitative estimate of drug-likeness (QED) is 0.652. The van der Waals surface area contributed by atoms with E-state index in [1.54, 1.807) is 18.2 Å². The fourth-order valence-corrected chi connectivity index (χ4v) is 0.660. The predicted octanol–water partition coefficient (Wildman–Crippen LogP) is 3.06. The van der Waals surface area contributed by atoms with Crippen molar-refractivity contribution in [2.75, 3.05) is 0 Å². The highest BCUT2D eigenvalue weighted by Crippen LogP contribution is 2.15. The number of hydrogen-bond acceptors (Lipinski definition) is 1. The van der Waals surface area contributed by atoms with Crippen LogP contribution in [0.5, 0.6) is 5.75 Å². The second kappa shape index (κ2) is 5.54. The van der Waals surface area contributed by atoms with Crippen molar-refractivity contribution in [2.45, 2.75) is 13.8 Å². The molecule has 1 nitrogen and oxygen atoms in total. The van der Waals surface area contributed by atoms with Gasteiger partial charge in [-0.1, -0.05) is 44.7 Å². The molecular weight excluding hydrogens is 136 g/mol. The molecule has 0 saturated heterocycles. The molecule has 1 heteroatoms. The van der Waals surface area contributed by atoms with Gasteiger partial charge in [0.25, 0.3) is 0 Å². The molecule has 60 valence electrons. The fraction of sp³-hybridized carbons (Fsp3) is 0.200. The number of phenols is 1. The highest BCUT2D eigenvalue weighted by atomic mass is 16.3.